The van der Waals surface area contributed by atoms with Gasteiger partial charge in [0, 0.05) is 25.2 Å². The predicted molar refractivity (Wildman–Crippen MR) is 62.2 cm³/mol. The van der Waals surface area contributed by atoms with E-state index in [0.717, 1.165) is 18.7 Å². The van der Waals surface area contributed by atoms with Crippen LogP contribution in [-0.2, 0) is 4.79 Å². The molecule has 1 N–H and O–H groups in total. The second kappa shape index (κ2) is 7.68. The number of carboxylic acids is 1. The molecule has 0 aromatic heterocycles. The van der Waals surface area contributed by atoms with Crippen LogP contribution in [0.1, 0.15) is 6.92 Å². The first-order valence-corrected chi connectivity index (χ1v) is 5.24. The van der Waals surface area contributed by atoms with Crippen LogP contribution >= 0.6 is 11.6 Å². The standard InChI is InChI=1S/C10H19ClN2O2/c1-9(6-11)7-13(8-10(14)15)5-4-12(2)3/h6H,4-5,7-8H2,1-3H3,(H,14,15). The third-order valence-electron chi connectivity index (χ3n) is 1.88. The van der Waals surface area contributed by atoms with Gasteiger partial charge in [0.25, 0.3) is 0 Å². The van der Waals surface area contributed by atoms with Gasteiger partial charge >= 0.3 is 5.97 Å². The van der Waals surface area contributed by atoms with E-state index in [1.807, 2.05) is 30.8 Å². The van der Waals surface area contributed by atoms with Gasteiger partial charge < -0.3 is 10.0 Å². The molecule has 0 heterocycles. The minimum Gasteiger partial charge on any atom is -0.480 e. The highest BCUT2D eigenvalue weighted by atomic mass is 35.5. The Kier molecular flexibility index (Phi) is 7.38. The van der Waals surface area contributed by atoms with Crippen molar-refractivity contribution in [3.8, 4) is 0 Å². The number of halogens is 1. The summed E-state index contributed by atoms with van der Waals surface area (Å²) in [7, 11) is 3.92. The lowest BCUT2D eigenvalue weighted by Gasteiger charge is -2.22. The van der Waals surface area contributed by atoms with E-state index in [4.69, 9.17) is 16.7 Å². The molecule has 0 fully saturated rings. The molecule has 0 bridgehead atoms. The Morgan fingerprint density at radius 2 is 1.93 bits per heavy atom. The molecule has 0 amide bonds. The van der Waals surface area contributed by atoms with E-state index in [9.17, 15) is 4.79 Å². The largest absolute Gasteiger partial charge is 0.480 e. The Morgan fingerprint density at radius 3 is 2.33 bits per heavy atom. The molecule has 0 aromatic carbocycles. The predicted octanol–water partition coefficient (Wildman–Crippen LogP) is 1.08. The van der Waals surface area contributed by atoms with Crippen molar-refractivity contribution in [2.24, 2.45) is 0 Å². The summed E-state index contributed by atoms with van der Waals surface area (Å²) in [6, 6.07) is 0. The lowest BCUT2D eigenvalue weighted by Crippen LogP contribution is -2.36. The van der Waals surface area contributed by atoms with Crippen molar-refractivity contribution >= 4 is 17.6 Å². The van der Waals surface area contributed by atoms with Crippen LogP contribution < -0.4 is 0 Å². The maximum absolute atomic E-state index is 10.6. The minimum absolute atomic E-state index is 0.0515. The van der Waals surface area contributed by atoms with Gasteiger partial charge in [-0.25, -0.2) is 0 Å². The summed E-state index contributed by atoms with van der Waals surface area (Å²) in [5.74, 6) is -0.809. The molecule has 5 heteroatoms. The highest BCUT2D eigenvalue weighted by molar-refractivity contribution is 6.25. The van der Waals surface area contributed by atoms with E-state index < -0.39 is 5.97 Å². The summed E-state index contributed by atoms with van der Waals surface area (Å²) < 4.78 is 0. The van der Waals surface area contributed by atoms with Crippen LogP contribution in [0.25, 0.3) is 0 Å². The van der Waals surface area contributed by atoms with Gasteiger partial charge in [-0.1, -0.05) is 11.6 Å². The van der Waals surface area contributed by atoms with Gasteiger partial charge in [-0.05, 0) is 26.6 Å². The molecule has 0 aliphatic heterocycles. The first-order valence-electron chi connectivity index (χ1n) is 4.80. The van der Waals surface area contributed by atoms with Crippen LogP contribution in [0.4, 0.5) is 0 Å². The molecule has 0 rings (SSSR count). The third kappa shape index (κ3) is 8.42. The molecule has 0 aromatic rings. The molecule has 0 spiro atoms. The molecule has 0 radical (unpaired) electrons. The van der Waals surface area contributed by atoms with E-state index in [0.29, 0.717) is 6.54 Å². The second-order valence-electron chi connectivity index (χ2n) is 3.86. The number of hydrogen-bond donors (Lipinski definition) is 1. The molecular weight excluding hydrogens is 216 g/mol. The molecule has 15 heavy (non-hydrogen) atoms. The van der Waals surface area contributed by atoms with Crippen molar-refractivity contribution in [1.29, 1.82) is 0 Å². The lowest BCUT2D eigenvalue weighted by molar-refractivity contribution is -0.138. The average molecular weight is 235 g/mol. The third-order valence-corrected chi connectivity index (χ3v) is 2.25. The minimum atomic E-state index is -0.809. The zero-order valence-corrected chi connectivity index (χ0v) is 10.3. The van der Waals surface area contributed by atoms with Crippen LogP contribution in [0.2, 0.25) is 0 Å². The number of rotatable bonds is 7. The number of hydrogen-bond acceptors (Lipinski definition) is 3. The van der Waals surface area contributed by atoms with Crippen LogP contribution in [-0.4, -0.2) is 61.2 Å². The summed E-state index contributed by atoms with van der Waals surface area (Å²) in [6.07, 6.45) is 0. The number of carboxylic acid groups (broad SMARTS) is 1. The molecule has 0 saturated carbocycles. The molecule has 0 saturated heterocycles. The first-order chi connectivity index (χ1) is 6.95. The topological polar surface area (TPSA) is 43.8 Å². The smallest absolute Gasteiger partial charge is 0.317 e. The number of nitrogens with zero attached hydrogens (tertiary/aromatic N) is 2. The van der Waals surface area contributed by atoms with Gasteiger partial charge in [0.1, 0.15) is 0 Å². The zero-order chi connectivity index (χ0) is 11.8. The molecule has 4 nitrogen and oxygen atoms in total. The van der Waals surface area contributed by atoms with Gasteiger partial charge in [-0.15, -0.1) is 0 Å². The van der Waals surface area contributed by atoms with E-state index in [-0.39, 0.29) is 6.54 Å². The normalized spacial score (nSPS) is 12.5. The van der Waals surface area contributed by atoms with Crippen LogP contribution in [0.3, 0.4) is 0 Å². The fraction of sp³-hybridized carbons (Fsp3) is 0.700. The summed E-state index contributed by atoms with van der Waals surface area (Å²) in [5.41, 5.74) is 2.46. The van der Waals surface area contributed by atoms with E-state index in [2.05, 4.69) is 0 Å². The molecule has 0 unspecified atom stereocenters. The Balaban J connectivity index is 4.12. The SMILES string of the molecule is CC(=CCl)CN(CCN(C)C)CC(=O)O. The van der Waals surface area contributed by atoms with Crippen molar-refractivity contribution in [3.63, 3.8) is 0 Å². The average Bonchev–Trinajstić information content (AvgIpc) is 2.13. The second-order valence-corrected chi connectivity index (χ2v) is 4.08. The van der Waals surface area contributed by atoms with Crippen LogP contribution in [0.15, 0.2) is 11.1 Å². The Morgan fingerprint density at radius 1 is 1.33 bits per heavy atom. The van der Waals surface area contributed by atoms with Gasteiger partial charge in [0.15, 0.2) is 0 Å². The quantitative estimate of drug-likeness (QED) is 0.716. The Hall–Kier alpha value is -0.580. The van der Waals surface area contributed by atoms with Gasteiger partial charge in [-0.2, -0.15) is 0 Å². The lowest BCUT2D eigenvalue weighted by atomic mass is 10.3. The highest BCUT2D eigenvalue weighted by Gasteiger charge is 2.09. The molecule has 88 valence electrons. The number of carbonyl (C=O) groups is 1. The summed E-state index contributed by atoms with van der Waals surface area (Å²) in [5, 5.41) is 8.73. The summed E-state index contributed by atoms with van der Waals surface area (Å²) in [6.45, 7) is 4.10. The van der Waals surface area contributed by atoms with E-state index in [1.54, 1.807) is 0 Å². The van der Waals surface area contributed by atoms with Crippen molar-refractivity contribution in [1.82, 2.24) is 9.80 Å². The van der Waals surface area contributed by atoms with Gasteiger partial charge in [0.05, 0.1) is 6.54 Å². The molecule has 0 atom stereocenters. The van der Waals surface area contributed by atoms with Gasteiger partial charge in [0.2, 0.25) is 0 Å². The Labute approximate surface area is 96.1 Å². The molecular formula is C10H19ClN2O2. The summed E-state index contributed by atoms with van der Waals surface area (Å²) >= 11 is 5.55. The van der Waals surface area contributed by atoms with Crippen molar-refractivity contribution in [2.75, 3.05) is 40.3 Å². The number of aliphatic carboxylic acids is 1. The van der Waals surface area contributed by atoms with Crippen molar-refractivity contribution < 1.29 is 9.90 Å². The molecule has 0 aliphatic rings. The van der Waals surface area contributed by atoms with Crippen molar-refractivity contribution in [3.05, 3.63) is 11.1 Å². The maximum Gasteiger partial charge on any atom is 0.317 e. The summed E-state index contributed by atoms with van der Waals surface area (Å²) in [4.78, 5) is 14.5. The molecule has 0 aliphatic carbocycles. The van der Waals surface area contributed by atoms with E-state index >= 15 is 0 Å². The van der Waals surface area contributed by atoms with Gasteiger partial charge in [-0.3, -0.25) is 9.69 Å². The monoisotopic (exact) mass is 234 g/mol. The Bertz CT molecular complexity index is 229. The fourth-order valence-electron chi connectivity index (χ4n) is 1.13. The van der Waals surface area contributed by atoms with E-state index in [1.165, 1.54) is 5.54 Å². The van der Waals surface area contributed by atoms with Crippen LogP contribution in [0.5, 0.6) is 0 Å². The fourth-order valence-corrected chi connectivity index (χ4v) is 1.20. The zero-order valence-electron chi connectivity index (χ0n) is 9.53. The number of likely N-dealkylation sites (N-methyl/N-ethyl adjacent to an activating group) is 1. The maximum atomic E-state index is 10.6. The first kappa shape index (κ1) is 14.4. The highest BCUT2D eigenvalue weighted by Crippen LogP contribution is 2.00. The van der Waals surface area contributed by atoms with Crippen LogP contribution in [0, 0.1) is 0 Å². The van der Waals surface area contributed by atoms with Crippen molar-refractivity contribution in [2.45, 2.75) is 6.92 Å².